The van der Waals surface area contributed by atoms with Crippen LogP contribution in [0.5, 0.6) is 0 Å². The molecule has 1 aromatic heterocycles. The number of nitrogens with zero attached hydrogens (tertiary/aromatic N) is 1. The van der Waals surface area contributed by atoms with Gasteiger partial charge in [0.25, 0.3) is 0 Å². The van der Waals surface area contributed by atoms with Gasteiger partial charge in [-0.1, -0.05) is 18.2 Å². The molecule has 0 saturated carbocycles. The summed E-state index contributed by atoms with van der Waals surface area (Å²) < 4.78 is 37.5. The van der Waals surface area contributed by atoms with Gasteiger partial charge in [0.1, 0.15) is 0 Å². The summed E-state index contributed by atoms with van der Waals surface area (Å²) in [5, 5.41) is 8.54. The van der Waals surface area contributed by atoms with Crippen molar-refractivity contribution in [2.24, 2.45) is 0 Å². The van der Waals surface area contributed by atoms with Gasteiger partial charge in [-0.05, 0) is 30.9 Å². The number of ether oxygens (including phenoxy) is 1. The number of fused-ring (bicyclic) bond motifs is 3. The summed E-state index contributed by atoms with van der Waals surface area (Å²) in [7, 11) is 0. The number of alkyl halides is 3. The van der Waals surface area contributed by atoms with E-state index in [4.69, 9.17) is 14.6 Å². The highest BCUT2D eigenvalue weighted by Crippen LogP contribution is 2.30. The van der Waals surface area contributed by atoms with E-state index in [-0.39, 0.29) is 0 Å². The number of halogens is 3. The van der Waals surface area contributed by atoms with Crippen LogP contribution in [0.15, 0.2) is 18.2 Å². The van der Waals surface area contributed by atoms with E-state index in [2.05, 4.69) is 35.0 Å². The monoisotopic (exact) mass is 384 g/mol. The van der Waals surface area contributed by atoms with E-state index in [1.165, 1.54) is 40.6 Å². The molecular formula is C19H23F3N2O3. The molecule has 1 saturated heterocycles. The van der Waals surface area contributed by atoms with Crippen LogP contribution in [-0.4, -0.2) is 52.9 Å². The number of hydrogen-bond acceptors (Lipinski definition) is 3. The normalized spacial score (nSPS) is 20.2. The van der Waals surface area contributed by atoms with Crippen molar-refractivity contribution >= 4 is 16.9 Å². The van der Waals surface area contributed by atoms with Crippen molar-refractivity contribution in [3.8, 4) is 0 Å². The zero-order valence-corrected chi connectivity index (χ0v) is 15.1. The number of H-pyrrole nitrogens is 1. The Morgan fingerprint density at radius 2 is 2.15 bits per heavy atom. The minimum Gasteiger partial charge on any atom is -0.475 e. The average Bonchev–Trinajstić information content (AvgIpc) is 3.23. The highest BCUT2D eigenvalue weighted by Gasteiger charge is 2.38. The van der Waals surface area contributed by atoms with Crippen molar-refractivity contribution in [3.05, 3.63) is 35.0 Å². The number of aryl methyl sites for hydroxylation is 1. The minimum absolute atomic E-state index is 0.462. The Balaban J connectivity index is 0.000000260. The number of para-hydroxylation sites is 1. The van der Waals surface area contributed by atoms with E-state index >= 15 is 0 Å². The number of hydrogen-bond donors (Lipinski definition) is 2. The van der Waals surface area contributed by atoms with Gasteiger partial charge in [-0.15, -0.1) is 0 Å². The summed E-state index contributed by atoms with van der Waals surface area (Å²) in [4.78, 5) is 15.1. The molecule has 27 heavy (non-hydrogen) atoms. The van der Waals surface area contributed by atoms with Crippen molar-refractivity contribution < 1.29 is 27.8 Å². The second kappa shape index (κ2) is 7.90. The van der Waals surface area contributed by atoms with Crippen LogP contribution in [0.1, 0.15) is 29.7 Å². The predicted octanol–water partition coefficient (Wildman–Crippen LogP) is 3.65. The Bertz CT molecular complexity index is 810. The molecule has 3 heterocycles. The van der Waals surface area contributed by atoms with E-state index in [1.54, 1.807) is 0 Å². The number of carbonyl (C=O) groups is 1. The lowest BCUT2D eigenvalue weighted by Crippen LogP contribution is -2.36. The first kappa shape index (κ1) is 19.7. The molecule has 1 unspecified atom stereocenters. The van der Waals surface area contributed by atoms with Gasteiger partial charge in [-0.2, -0.15) is 13.2 Å². The quantitative estimate of drug-likeness (QED) is 0.830. The minimum atomic E-state index is -5.08. The number of carboxylic acid groups (broad SMARTS) is 1. The lowest BCUT2D eigenvalue weighted by Gasteiger charge is -2.29. The van der Waals surface area contributed by atoms with Crippen LogP contribution < -0.4 is 0 Å². The summed E-state index contributed by atoms with van der Waals surface area (Å²) in [5.41, 5.74) is 5.63. The molecule has 0 bridgehead atoms. The summed E-state index contributed by atoms with van der Waals surface area (Å²) in [6, 6.07) is 6.62. The summed E-state index contributed by atoms with van der Waals surface area (Å²) >= 11 is 0. The van der Waals surface area contributed by atoms with Crippen LogP contribution in [0.4, 0.5) is 13.2 Å². The van der Waals surface area contributed by atoms with Crippen LogP contribution in [0.3, 0.4) is 0 Å². The number of benzene rings is 1. The van der Waals surface area contributed by atoms with Gasteiger partial charge < -0.3 is 14.8 Å². The fourth-order valence-corrected chi connectivity index (χ4v) is 3.67. The number of aromatic amines is 1. The molecule has 4 rings (SSSR count). The molecule has 1 atom stereocenters. The topological polar surface area (TPSA) is 65.6 Å². The van der Waals surface area contributed by atoms with Crippen molar-refractivity contribution in [2.45, 2.75) is 45.0 Å². The van der Waals surface area contributed by atoms with E-state index in [1.807, 2.05) is 0 Å². The van der Waals surface area contributed by atoms with Crippen molar-refractivity contribution in [3.63, 3.8) is 0 Å². The third-order valence-electron chi connectivity index (χ3n) is 5.03. The standard InChI is InChI=1S/C17H22N2O.C2HF3O2/c1-12-4-2-6-14-15-11-19(10-13-5-3-9-20-13)8-7-16(15)18-17(12)14;3-2(4,5)1(6)7/h2,4,6,13,18H,3,5,7-11H2,1H3;(H,6,7). The highest BCUT2D eigenvalue weighted by molar-refractivity contribution is 5.87. The Hall–Kier alpha value is -2.06. The zero-order valence-electron chi connectivity index (χ0n) is 15.1. The maximum Gasteiger partial charge on any atom is 0.490 e. The van der Waals surface area contributed by atoms with Gasteiger partial charge in [0.2, 0.25) is 0 Å². The SMILES string of the molecule is Cc1cccc2c3c([nH]c12)CCN(CC1CCCO1)C3.O=C(O)C(F)(F)F. The third-order valence-corrected chi connectivity index (χ3v) is 5.03. The van der Waals surface area contributed by atoms with Gasteiger partial charge in [0.05, 0.1) is 6.10 Å². The van der Waals surface area contributed by atoms with E-state index in [9.17, 15) is 13.2 Å². The van der Waals surface area contributed by atoms with Gasteiger partial charge in [0.15, 0.2) is 0 Å². The zero-order chi connectivity index (χ0) is 19.6. The van der Waals surface area contributed by atoms with Gasteiger partial charge in [-0.25, -0.2) is 4.79 Å². The van der Waals surface area contributed by atoms with Gasteiger partial charge >= 0.3 is 12.1 Å². The summed E-state index contributed by atoms with van der Waals surface area (Å²) in [5.74, 6) is -2.76. The lowest BCUT2D eigenvalue weighted by atomic mass is 10.0. The van der Waals surface area contributed by atoms with E-state index in [0.29, 0.717) is 6.10 Å². The summed E-state index contributed by atoms with van der Waals surface area (Å²) in [6.07, 6.45) is -1.02. The van der Waals surface area contributed by atoms with Crippen LogP contribution in [0.2, 0.25) is 0 Å². The molecule has 0 amide bonds. The third kappa shape index (κ3) is 4.62. The van der Waals surface area contributed by atoms with Gasteiger partial charge in [0, 0.05) is 49.3 Å². The number of nitrogens with one attached hydrogen (secondary N) is 1. The Kier molecular flexibility index (Phi) is 5.76. The molecule has 2 aliphatic rings. The number of rotatable bonds is 2. The summed E-state index contributed by atoms with van der Waals surface area (Å²) in [6.45, 7) is 6.46. The first-order valence-electron chi connectivity index (χ1n) is 8.99. The van der Waals surface area contributed by atoms with Crippen LogP contribution in [0.25, 0.3) is 10.9 Å². The fraction of sp³-hybridized carbons (Fsp3) is 0.526. The fourth-order valence-electron chi connectivity index (χ4n) is 3.67. The predicted molar refractivity (Wildman–Crippen MR) is 94.7 cm³/mol. The molecule has 0 radical (unpaired) electrons. The smallest absolute Gasteiger partial charge is 0.475 e. The molecule has 2 aliphatic heterocycles. The molecular weight excluding hydrogens is 361 g/mol. The first-order valence-corrected chi connectivity index (χ1v) is 8.99. The molecule has 0 spiro atoms. The second-order valence-corrected chi connectivity index (χ2v) is 7.00. The molecule has 148 valence electrons. The Morgan fingerprint density at radius 1 is 1.41 bits per heavy atom. The molecule has 5 nitrogen and oxygen atoms in total. The van der Waals surface area contributed by atoms with Crippen molar-refractivity contribution in [1.29, 1.82) is 0 Å². The molecule has 1 fully saturated rings. The largest absolute Gasteiger partial charge is 0.490 e. The molecule has 1 aromatic carbocycles. The maximum atomic E-state index is 10.6. The highest BCUT2D eigenvalue weighted by atomic mass is 19.4. The lowest BCUT2D eigenvalue weighted by molar-refractivity contribution is -0.192. The number of carboxylic acids is 1. The average molecular weight is 384 g/mol. The van der Waals surface area contributed by atoms with Crippen LogP contribution in [-0.2, 0) is 22.5 Å². The van der Waals surface area contributed by atoms with Crippen LogP contribution >= 0.6 is 0 Å². The van der Waals surface area contributed by atoms with E-state index < -0.39 is 12.1 Å². The molecule has 2 N–H and O–H groups in total. The second-order valence-electron chi connectivity index (χ2n) is 7.00. The maximum absolute atomic E-state index is 10.6. The van der Waals surface area contributed by atoms with E-state index in [0.717, 1.165) is 32.7 Å². The molecule has 2 aromatic rings. The van der Waals surface area contributed by atoms with Crippen molar-refractivity contribution in [1.82, 2.24) is 9.88 Å². The Morgan fingerprint density at radius 3 is 2.78 bits per heavy atom. The van der Waals surface area contributed by atoms with Crippen LogP contribution in [0, 0.1) is 6.92 Å². The first-order chi connectivity index (χ1) is 12.8. The Labute approximate surface area is 155 Å². The molecule has 8 heteroatoms. The number of aliphatic carboxylic acids is 1. The number of aromatic nitrogens is 1. The van der Waals surface area contributed by atoms with Gasteiger partial charge in [-0.3, -0.25) is 4.90 Å². The van der Waals surface area contributed by atoms with Crippen molar-refractivity contribution in [2.75, 3.05) is 19.7 Å². The molecule has 0 aliphatic carbocycles.